The molecule has 1 unspecified atom stereocenters. The first-order valence-corrected chi connectivity index (χ1v) is 5.30. The molecule has 1 heterocycles. The van der Waals surface area contributed by atoms with E-state index in [0.717, 1.165) is 11.0 Å². The molecule has 0 aliphatic rings. The van der Waals surface area contributed by atoms with E-state index in [-0.39, 0.29) is 5.41 Å². The normalized spacial score (nSPS) is 14.4. The van der Waals surface area contributed by atoms with Crippen LogP contribution in [0.15, 0.2) is 24.3 Å². The summed E-state index contributed by atoms with van der Waals surface area (Å²) in [7, 11) is 0. The van der Waals surface area contributed by atoms with Crippen molar-refractivity contribution in [1.29, 1.82) is 0 Å². The Morgan fingerprint density at radius 2 is 1.87 bits per heavy atom. The first kappa shape index (κ1) is 10.1. The third kappa shape index (κ3) is 1.74. The molecular formula is C12H17N3. The molecule has 3 nitrogen and oxygen atoms in total. The summed E-state index contributed by atoms with van der Waals surface area (Å²) in [6.07, 6.45) is 0. The first-order chi connectivity index (χ1) is 7.00. The number of nitrogens with zero attached hydrogens (tertiary/aromatic N) is 3. The van der Waals surface area contributed by atoms with Crippen LogP contribution in [0.3, 0.4) is 0 Å². The highest BCUT2D eigenvalue weighted by Gasteiger charge is 2.23. The van der Waals surface area contributed by atoms with Gasteiger partial charge in [0.25, 0.3) is 0 Å². The predicted octanol–water partition coefficient (Wildman–Crippen LogP) is 3.04. The molecule has 0 aliphatic heterocycles. The highest BCUT2D eigenvalue weighted by molar-refractivity contribution is 5.73. The maximum absolute atomic E-state index is 4.23. The van der Waals surface area contributed by atoms with Gasteiger partial charge in [0, 0.05) is 0 Å². The third-order valence-electron chi connectivity index (χ3n) is 3.00. The molecule has 0 amide bonds. The Kier molecular flexibility index (Phi) is 2.25. The summed E-state index contributed by atoms with van der Waals surface area (Å²) in [6.45, 7) is 8.83. The number of benzene rings is 1. The van der Waals surface area contributed by atoms with Gasteiger partial charge in [-0.15, -0.1) is 5.10 Å². The lowest BCUT2D eigenvalue weighted by molar-refractivity contribution is 0.247. The Morgan fingerprint density at radius 3 is 2.53 bits per heavy atom. The van der Waals surface area contributed by atoms with Crippen LogP contribution < -0.4 is 0 Å². The minimum absolute atomic E-state index is 0.191. The van der Waals surface area contributed by atoms with Crippen LogP contribution in [0.25, 0.3) is 11.0 Å². The monoisotopic (exact) mass is 203 g/mol. The van der Waals surface area contributed by atoms with E-state index in [0.29, 0.717) is 6.04 Å². The van der Waals surface area contributed by atoms with Gasteiger partial charge in [-0.05, 0) is 24.5 Å². The van der Waals surface area contributed by atoms with Gasteiger partial charge in [0.1, 0.15) is 5.52 Å². The highest BCUT2D eigenvalue weighted by Crippen LogP contribution is 2.31. The van der Waals surface area contributed by atoms with Crippen molar-refractivity contribution in [3.05, 3.63) is 24.3 Å². The van der Waals surface area contributed by atoms with Crippen molar-refractivity contribution in [3.63, 3.8) is 0 Å². The number of hydrogen-bond donors (Lipinski definition) is 0. The van der Waals surface area contributed by atoms with E-state index >= 15 is 0 Å². The maximum atomic E-state index is 4.23. The first-order valence-electron chi connectivity index (χ1n) is 5.30. The fraction of sp³-hybridized carbons (Fsp3) is 0.500. The lowest BCUT2D eigenvalue weighted by atomic mass is 9.88. The Hall–Kier alpha value is -1.38. The zero-order valence-electron chi connectivity index (χ0n) is 9.73. The van der Waals surface area contributed by atoms with Crippen molar-refractivity contribution in [3.8, 4) is 0 Å². The molecule has 80 valence electrons. The number of fused-ring (bicyclic) bond motifs is 1. The summed E-state index contributed by atoms with van der Waals surface area (Å²) in [5.41, 5.74) is 2.27. The molecule has 0 N–H and O–H groups in total. The SMILES string of the molecule is CC(n1nnc2ccccc21)C(C)(C)C. The second kappa shape index (κ2) is 3.33. The van der Waals surface area contributed by atoms with Crippen molar-refractivity contribution >= 4 is 11.0 Å². The molecule has 0 saturated carbocycles. The Labute approximate surface area is 90.1 Å². The van der Waals surface area contributed by atoms with Crippen molar-refractivity contribution in [2.24, 2.45) is 5.41 Å². The van der Waals surface area contributed by atoms with Gasteiger partial charge >= 0.3 is 0 Å². The maximum Gasteiger partial charge on any atom is 0.113 e. The molecule has 1 aromatic heterocycles. The second-order valence-electron chi connectivity index (χ2n) is 5.06. The summed E-state index contributed by atoms with van der Waals surface area (Å²) in [4.78, 5) is 0. The molecule has 0 saturated heterocycles. The van der Waals surface area contributed by atoms with Crippen molar-refractivity contribution < 1.29 is 0 Å². The van der Waals surface area contributed by atoms with Gasteiger partial charge < -0.3 is 0 Å². The van der Waals surface area contributed by atoms with Crippen LogP contribution >= 0.6 is 0 Å². The topological polar surface area (TPSA) is 30.7 Å². The smallest absolute Gasteiger partial charge is 0.113 e. The lowest BCUT2D eigenvalue weighted by Crippen LogP contribution is -2.22. The van der Waals surface area contributed by atoms with Crippen LogP contribution in [0.5, 0.6) is 0 Å². The van der Waals surface area contributed by atoms with E-state index < -0.39 is 0 Å². The largest absolute Gasteiger partial charge is 0.241 e. The zero-order chi connectivity index (χ0) is 11.1. The van der Waals surface area contributed by atoms with Crippen molar-refractivity contribution in [2.45, 2.75) is 33.7 Å². The fourth-order valence-electron chi connectivity index (χ4n) is 1.54. The number of para-hydroxylation sites is 1. The van der Waals surface area contributed by atoms with Crippen molar-refractivity contribution in [1.82, 2.24) is 15.0 Å². The van der Waals surface area contributed by atoms with Gasteiger partial charge in [-0.25, -0.2) is 4.68 Å². The summed E-state index contributed by atoms with van der Waals surface area (Å²) in [5, 5.41) is 8.39. The molecule has 0 spiro atoms. The Balaban J connectivity index is 2.53. The molecule has 1 aromatic carbocycles. The molecular weight excluding hydrogens is 186 g/mol. The standard InChI is InChI=1S/C12H17N3/c1-9(12(2,3)4)15-11-8-6-5-7-10(11)13-14-15/h5-9H,1-4H3. The van der Waals surface area contributed by atoms with E-state index in [1.165, 1.54) is 0 Å². The van der Waals surface area contributed by atoms with Crippen LogP contribution in [0, 0.1) is 5.41 Å². The molecule has 0 bridgehead atoms. The van der Waals surface area contributed by atoms with Gasteiger partial charge in [-0.2, -0.15) is 0 Å². The lowest BCUT2D eigenvalue weighted by Gasteiger charge is -2.27. The zero-order valence-corrected chi connectivity index (χ0v) is 9.73. The molecule has 2 aromatic rings. The van der Waals surface area contributed by atoms with Crippen molar-refractivity contribution in [2.75, 3.05) is 0 Å². The predicted molar refractivity (Wildman–Crippen MR) is 61.7 cm³/mol. The van der Waals surface area contributed by atoms with Gasteiger partial charge in [0.05, 0.1) is 11.6 Å². The van der Waals surface area contributed by atoms with E-state index in [4.69, 9.17) is 0 Å². The number of hydrogen-bond acceptors (Lipinski definition) is 2. The molecule has 0 aliphatic carbocycles. The average molecular weight is 203 g/mol. The fourth-order valence-corrected chi connectivity index (χ4v) is 1.54. The molecule has 0 fully saturated rings. The molecule has 0 radical (unpaired) electrons. The summed E-state index contributed by atoms with van der Waals surface area (Å²) in [6, 6.07) is 8.41. The minimum atomic E-state index is 0.191. The second-order valence-corrected chi connectivity index (χ2v) is 5.06. The Morgan fingerprint density at radius 1 is 1.20 bits per heavy atom. The third-order valence-corrected chi connectivity index (χ3v) is 3.00. The van der Waals surface area contributed by atoms with Crippen LogP contribution in [-0.4, -0.2) is 15.0 Å². The van der Waals surface area contributed by atoms with Crippen LogP contribution in [0.1, 0.15) is 33.7 Å². The van der Waals surface area contributed by atoms with Crippen LogP contribution in [0.2, 0.25) is 0 Å². The van der Waals surface area contributed by atoms with E-state index in [1.54, 1.807) is 0 Å². The van der Waals surface area contributed by atoms with Gasteiger partial charge in [-0.1, -0.05) is 38.1 Å². The molecule has 1 atom stereocenters. The molecule has 2 rings (SSSR count). The Bertz CT molecular complexity index is 465. The quantitative estimate of drug-likeness (QED) is 0.713. The van der Waals surface area contributed by atoms with E-state index in [2.05, 4.69) is 44.1 Å². The summed E-state index contributed by atoms with van der Waals surface area (Å²) in [5.74, 6) is 0. The highest BCUT2D eigenvalue weighted by atomic mass is 15.4. The summed E-state index contributed by atoms with van der Waals surface area (Å²) < 4.78 is 2.01. The van der Waals surface area contributed by atoms with Gasteiger partial charge in [0.15, 0.2) is 0 Å². The van der Waals surface area contributed by atoms with E-state index in [9.17, 15) is 0 Å². The number of rotatable bonds is 1. The minimum Gasteiger partial charge on any atom is -0.241 e. The van der Waals surface area contributed by atoms with Gasteiger partial charge in [-0.3, -0.25) is 0 Å². The molecule has 15 heavy (non-hydrogen) atoms. The van der Waals surface area contributed by atoms with Crippen LogP contribution in [0.4, 0.5) is 0 Å². The average Bonchev–Trinajstić information content (AvgIpc) is 2.58. The van der Waals surface area contributed by atoms with E-state index in [1.807, 2.05) is 22.9 Å². The summed E-state index contributed by atoms with van der Waals surface area (Å²) >= 11 is 0. The molecule has 3 heteroatoms. The number of aromatic nitrogens is 3. The van der Waals surface area contributed by atoms with Crippen LogP contribution in [-0.2, 0) is 0 Å². The van der Waals surface area contributed by atoms with Gasteiger partial charge in [0.2, 0.25) is 0 Å².